The third-order valence-electron chi connectivity index (χ3n) is 6.07. The monoisotopic (exact) mass is 591 g/mol. The van der Waals surface area contributed by atoms with E-state index in [1.807, 2.05) is 30.3 Å². The summed E-state index contributed by atoms with van der Waals surface area (Å²) in [5, 5.41) is 3.23. The largest absolute Gasteiger partial charge is 0.489 e. The average Bonchev–Trinajstić information content (AvgIpc) is 2.92. The van der Waals surface area contributed by atoms with Crippen LogP contribution in [0.25, 0.3) is 0 Å². The predicted molar refractivity (Wildman–Crippen MR) is 155 cm³/mol. The maximum absolute atomic E-state index is 13.7. The van der Waals surface area contributed by atoms with Crippen molar-refractivity contribution >= 4 is 50.7 Å². The van der Waals surface area contributed by atoms with Crippen molar-refractivity contribution < 1.29 is 22.7 Å². The topological polar surface area (TPSA) is 96.0 Å². The number of halogens is 2. The first-order chi connectivity index (χ1) is 18.5. The molecule has 0 spiro atoms. The number of anilines is 1. The molecule has 11 heteroatoms. The molecular formula is C28H31Cl2N3O5S. The second-order valence-electron chi connectivity index (χ2n) is 8.80. The summed E-state index contributed by atoms with van der Waals surface area (Å²) in [6, 6.07) is 20.1. The van der Waals surface area contributed by atoms with Gasteiger partial charge in [0.05, 0.1) is 11.9 Å². The normalized spacial score (nSPS) is 11.9. The fourth-order valence-electron chi connectivity index (χ4n) is 4.00. The Morgan fingerprint density at radius 1 is 0.949 bits per heavy atom. The zero-order valence-corrected chi connectivity index (χ0v) is 24.3. The lowest BCUT2D eigenvalue weighted by Crippen LogP contribution is -2.51. The predicted octanol–water partition coefficient (Wildman–Crippen LogP) is 4.89. The van der Waals surface area contributed by atoms with E-state index in [2.05, 4.69) is 5.32 Å². The van der Waals surface area contributed by atoms with Crippen LogP contribution >= 0.6 is 23.2 Å². The van der Waals surface area contributed by atoms with Crippen LogP contribution in [0.3, 0.4) is 0 Å². The van der Waals surface area contributed by atoms with Crippen LogP contribution in [0.1, 0.15) is 24.5 Å². The summed E-state index contributed by atoms with van der Waals surface area (Å²) < 4.78 is 32.4. The molecule has 1 N–H and O–H groups in total. The van der Waals surface area contributed by atoms with Crippen LogP contribution in [0, 0.1) is 0 Å². The minimum absolute atomic E-state index is 0.0763. The number of benzene rings is 3. The van der Waals surface area contributed by atoms with Crippen LogP contribution < -0.4 is 14.4 Å². The van der Waals surface area contributed by atoms with Crippen LogP contribution in [0.2, 0.25) is 10.0 Å². The number of amides is 2. The minimum atomic E-state index is -3.87. The minimum Gasteiger partial charge on any atom is -0.489 e. The van der Waals surface area contributed by atoms with E-state index in [9.17, 15) is 18.0 Å². The molecule has 0 bridgehead atoms. The Labute approximate surface area is 239 Å². The van der Waals surface area contributed by atoms with E-state index in [1.54, 1.807) is 49.4 Å². The fourth-order valence-corrected chi connectivity index (χ4v) is 5.37. The molecule has 0 saturated heterocycles. The number of carbonyl (C=O) groups is 2. The molecular weight excluding hydrogens is 561 g/mol. The van der Waals surface area contributed by atoms with Crippen molar-refractivity contribution in [1.29, 1.82) is 0 Å². The number of nitrogens with zero attached hydrogens (tertiary/aromatic N) is 2. The first-order valence-corrected chi connectivity index (χ1v) is 14.8. The number of nitrogens with one attached hydrogen (secondary N) is 1. The highest BCUT2D eigenvalue weighted by atomic mass is 35.5. The van der Waals surface area contributed by atoms with Crippen LogP contribution in [0.15, 0.2) is 72.8 Å². The Morgan fingerprint density at radius 2 is 1.56 bits per heavy atom. The van der Waals surface area contributed by atoms with Gasteiger partial charge >= 0.3 is 0 Å². The van der Waals surface area contributed by atoms with Crippen LogP contribution in [0.5, 0.6) is 5.75 Å². The molecule has 8 nitrogen and oxygen atoms in total. The lowest BCUT2D eigenvalue weighted by atomic mass is 10.1. The van der Waals surface area contributed by atoms with Gasteiger partial charge in [0.2, 0.25) is 21.8 Å². The van der Waals surface area contributed by atoms with Gasteiger partial charge in [-0.2, -0.15) is 0 Å². The molecule has 0 heterocycles. The Bertz CT molecular complexity index is 1370. The highest BCUT2D eigenvalue weighted by Crippen LogP contribution is 2.28. The van der Waals surface area contributed by atoms with Gasteiger partial charge in [0.1, 0.15) is 24.9 Å². The quantitative estimate of drug-likeness (QED) is 0.323. The number of rotatable bonds is 12. The summed E-state index contributed by atoms with van der Waals surface area (Å²) in [6.45, 7) is 1.51. The molecule has 39 heavy (non-hydrogen) atoms. The van der Waals surface area contributed by atoms with Gasteiger partial charge in [-0.15, -0.1) is 0 Å². The number of carbonyl (C=O) groups excluding carboxylic acids is 2. The van der Waals surface area contributed by atoms with E-state index in [4.69, 9.17) is 27.9 Å². The molecule has 3 aromatic carbocycles. The molecule has 0 fully saturated rings. The second kappa shape index (κ2) is 13.7. The zero-order chi connectivity index (χ0) is 28.6. The summed E-state index contributed by atoms with van der Waals surface area (Å²) in [5.74, 6) is -0.431. The molecule has 0 aliphatic heterocycles. The molecule has 1 atom stereocenters. The summed E-state index contributed by atoms with van der Waals surface area (Å²) >= 11 is 12.7. The van der Waals surface area contributed by atoms with Crippen molar-refractivity contribution in [3.63, 3.8) is 0 Å². The molecule has 2 amide bonds. The Balaban J connectivity index is 1.87. The van der Waals surface area contributed by atoms with Gasteiger partial charge in [0, 0.05) is 29.2 Å². The van der Waals surface area contributed by atoms with Crippen molar-refractivity contribution in [3.05, 3.63) is 94.0 Å². The van der Waals surface area contributed by atoms with Gasteiger partial charge in [0.25, 0.3) is 0 Å². The second-order valence-corrected chi connectivity index (χ2v) is 11.5. The Hall–Kier alpha value is -3.27. The molecule has 0 radical (unpaired) electrons. The van der Waals surface area contributed by atoms with Gasteiger partial charge in [-0.05, 0) is 48.4 Å². The first kappa shape index (κ1) is 30.3. The lowest BCUT2D eigenvalue weighted by Gasteiger charge is -2.33. The summed E-state index contributed by atoms with van der Waals surface area (Å²) in [7, 11) is -2.40. The first-order valence-electron chi connectivity index (χ1n) is 12.2. The van der Waals surface area contributed by atoms with Gasteiger partial charge in [-0.1, -0.05) is 66.5 Å². The van der Waals surface area contributed by atoms with E-state index in [0.29, 0.717) is 34.4 Å². The maximum Gasteiger partial charge on any atom is 0.244 e. The standard InChI is InChI=1S/C28H31Cl2N3O5S/c1-4-26(28(35)31-2)32(17-23-24(29)11-8-12-25(23)30)27(34)18-33(39(3,36)37)21-13-15-22(16-14-21)38-19-20-9-6-5-7-10-20/h5-16,26H,4,17-19H2,1-3H3,(H,31,35). The number of hydrogen-bond donors (Lipinski definition) is 1. The fraction of sp³-hybridized carbons (Fsp3) is 0.286. The van der Waals surface area contributed by atoms with E-state index >= 15 is 0 Å². The van der Waals surface area contributed by atoms with Crippen molar-refractivity contribution in [3.8, 4) is 5.75 Å². The SMILES string of the molecule is CCC(C(=O)NC)N(Cc1c(Cl)cccc1Cl)C(=O)CN(c1ccc(OCc2ccccc2)cc1)S(C)(=O)=O. The van der Waals surface area contributed by atoms with Gasteiger partial charge in [-0.25, -0.2) is 8.42 Å². The highest BCUT2D eigenvalue weighted by Gasteiger charge is 2.32. The van der Waals surface area contributed by atoms with Crippen LogP contribution in [0.4, 0.5) is 5.69 Å². The Morgan fingerprint density at radius 3 is 2.10 bits per heavy atom. The third kappa shape index (κ3) is 8.11. The molecule has 3 rings (SSSR count). The molecule has 1 unspecified atom stereocenters. The number of likely N-dealkylation sites (N-methyl/N-ethyl adjacent to an activating group) is 1. The summed E-state index contributed by atoms with van der Waals surface area (Å²) in [4.78, 5) is 27.7. The maximum atomic E-state index is 13.7. The van der Waals surface area contributed by atoms with Crippen molar-refractivity contribution in [2.75, 3.05) is 24.2 Å². The number of sulfonamides is 1. The molecule has 208 valence electrons. The average molecular weight is 593 g/mol. The van der Waals surface area contributed by atoms with E-state index in [0.717, 1.165) is 16.1 Å². The zero-order valence-electron chi connectivity index (χ0n) is 21.9. The van der Waals surface area contributed by atoms with Gasteiger partial charge in [-0.3, -0.25) is 13.9 Å². The van der Waals surface area contributed by atoms with Gasteiger partial charge in [0.15, 0.2) is 0 Å². The molecule has 0 saturated carbocycles. The lowest BCUT2D eigenvalue weighted by molar-refractivity contribution is -0.140. The molecule has 0 aliphatic carbocycles. The summed E-state index contributed by atoms with van der Waals surface area (Å²) in [6.07, 6.45) is 1.31. The smallest absolute Gasteiger partial charge is 0.244 e. The van der Waals surface area contributed by atoms with Crippen LogP contribution in [-0.4, -0.2) is 51.0 Å². The van der Waals surface area contributed by atoms with E-state index in [1.165, 1.54) is 11.9 Å². The highest BCUT2D eigenvalue weighted by molar-refractivity contribution is 7.92. The molecule has 3 aromatic rings. The van der Waals surface area contributed by atoms with Crippen molar-refractivity contribution in [1.82, 2.24) is 10.2 Å². The van der Waals surface area contributed by atoms with Gasteiger partial charge < -0.3 is 15.0 Å². The van der Waals surface area contributed by atoms with Crippen LogP contribution in [-0.2, 0) is 32.8 Å². The number of ether oxygens (including phenoxy) is 1. The number of hydrogen-bond acceptors (Lipinski definition) is 5. The van der Waals surface area contributed by atoms with E-state index in [-0.39, 0.29) is 18.1 Å². The van der Waals surface area contributed by atoms with E-state index < -0.39 is 28.5 Å². The van der Waals surface area contributed by atoms with Crippen molar-refractivity contribution in [2.45, 2.75) is 32.5 Å². The summed E-state index contributed by atoms with van der Waals surface area (Å²) in [5.41, 5.74) is 1.73. The molecule has 0 aliphatic rings. The molecule has 0 aromatic heterocycles. The van der Waals surface area contributed by atoms with Crippen molar-refractivity contribution in [2.24, 2.45) is 0 Å². The Kier molecular flexibility index (Phi) is 10.6. The third-order valence-corrected chi connectivity index (χ3v) is 7.92.